The molecule has 0 saturated heterocycles. The largest absolute Gasteiger partial charge is 0.465 e. The number of methoxy groups -OCH3 is 1. The number of nitrogens with two attached hydrogens (primary N) is 1. The van der Waals surface area contributed by atoms with E-state index in [1.54, 1.807) is 24.3 Å². The van der Waals surface area contributed by atoms with Crippen molar-refractivity contribution < 1.29 is 14.3 Å². The zero-order valence-corrected chi connectivity index (χ0v) is 10.7. The van der Waals surface area contributed by atoms with Gasteiger partial charge in [-0.3, -0.25) is 9.89 Å². The van der Waals surface area contributed by atoms with Gasteiger partial charge in [0.2, 0.25) is 11.8 Å². The molecule has 0 fully saturated rings. The minimum absolute atomic E-state index is 0.0116. The van der Waals surface area contributed by atoms with Crippen LogP contribution >= 0.6 is 0 Å². The second kappa shape index (κ2) is 5.83. The molecule has 8 nitrogen and oxygen atoms in total. The summed E-state index contributed by atoms with van der Waals surface area (Å²) in [6.07, 6.45) is 0. The highest BCUT2D eigenvalue weighted by Crippen LogP contribution is 2.05. The van der Waals surface area contributed by atoms with E-state index in [9.17, 15) is 9.59 Å². The van der Waals surface area contributed by atoms with Crippen molar-refractivity contribution in [3.63, 3.8) is 0 Å². The number of carbonyl (C=O) groups is 2. The second-order valence-electron chi connectivity index (χ2n) is 3.91. The van der Waals surface area contributed by atoms with Crippen LogP contribution in [0.2, 0.25) is 0 Å². The van der Waals surface area contributed by atoms with Gasteiger partial charge in [-0.1, -0.05) is 12.1 Å². The Labute approximate surface area is 114 Å². The van der Waals surface area contributed by atoms with Crippen LogP contribution in [-0.2, 0) is 11.3 Å². The van der Waals surface area contributed by atoms with Crippen molar-refractivity contribution >= 4 is 17.8 Å². The number of amides is 1. The Morgan fingerprint density at radius 2 is 2.05 bits per heavy atom. The number of aromatic nitrogens is 3. The number of nitrogens with one attached hydrogen (secondary N) is 2. The minimum Gasteiger partial charge on any atom is -0.465 e. The smallest absolute Gasteiger partial charge is 0.337 e. The van der Waals surface area contributed by atoms with E-state index in [0.717, 1.165) is 5.56 Å². The zero-order valence-electron chi connectivity index (χ0n) is 10.7. The van der Waals surface area contributed by atoms with Gasteiger partial charge in [0.15, 0.2) is 0 Å². The van der Waals surface area contributed by atoms with Gasteiger partial charge in [-0.25, -0.2) is 4.79 Å². The fraction of sp³-hybridized carbons (Fsp3) is 0.167. The summed E-state index contributed by atoms with van der Waals surface area (Å²) in [5.74, 6) is -0.754. The first kappa shape index (κ1) is 13.5. The Hall–Kier alpha value is -2.90. The topological polar surface area (TPSA) is 123 Å². The lowest BCUT2D eigenvalue weighted by Gasteiger charge is -2.04. The quantitative estimate of drug-likeness (QED) is 0.680. The van der Waals surface area contributed by atoms with Crippen LogP contribution in [0, 0.1) is 0 Å². The van der Waals surface area contributed by atoms with E-state index in [2.05, 4.69) is 25.2 Å². The number of benzene rings is 1. The van der Waals surface area contributed by atoms with Crippen molar-refractivity contribution in [1.29, 1.82) is 0 Å². The Morgan fingerprint density at radius 3 is 2.60 bits per heavy atom. The first-order chi connectivity index (χ1) is 9.60. The van der Waals surface area contributed by atoms with Gasteiger partial charge >= 0.3 is 5.97 Å². The number of nitrogen functional groups attached to an aromatic ring is 1. The lowest BCUT2D eigenvalue weighted by atomic mass is 10.1. The van der Waals surface area contributed by atoms with Gasteiger partial charge in [-0.15, -0.1) is 5.10 Å². The molecule has 1 aromatic carbocycles. The molecule has 104 valence electrons. The predicted molar refractivity (Wildman–Crippen MR) is 69.7 cm³/mol. The van der Waals surface area contributed by atoms with Gasteiger partial charge in [0, 0.05) is 6.54 Å². The van der Waals surface area contributed by atoms with E-state index in [1.807, 2.05) is 0 Å². The van der Waals surface area contributed by atoms with Gasteiger partial charge < -0.3 is 15.8 Å². The average molecular weight is 275 g/mol. The molecule has 1 aromatic heterocycles. The third kappa shape index (κ3) is 3.10. The third-order valence-corrected chi connectivity index (χ3v) is 2.55. The minimum atomic E-state index is -0.411. The lowest BCUT2D eigenvalue weighted by Crippen LogP contribution is -2.24. The number of nitrogens with zero attached hydrogens (tertiary/aromatic N) is 2. The van der Waals surface area contributed by atoms with Gasteiger partial charge in [0.05, 0.1) is 12.7 Å². The summed E-state index contributed by atoms with van der Waals surface area (Å²) in [6, 6.07) is 6.70. The summed E-state index contributed by atoms with van der Waals surface area (Å²) in [4.78, 5) is 26.6. The number of hydrogen-bond donors (Lipinski definition) is 3. The maximum Gasteiger partial charge on any atom is 0.337 e. The number of aromatic amines is 1. The van der Waals surface area contributed by atoms with Crippen LogP contribution < -0.4 is 11.1 Å². The van der Waals surface area contributed by atoms with E-state index in [4.69, 9.17) is 5.73 Å². The van der Waals surface area contributed by atoms with Gasteiger partial charge in [-0.05, 0) is 17.7 Å². The molecule has 1 amide bonds. The monoisotopic (exact) mass is 275 g/mol. The van der Waals surface area contributed by atoms with E-state index in [-0.39, 0.29) is 11.8 Å². The van der Waals surface area contributed by atoms with Crippen molar-refractivity contribution in [2.24, 2.45) is 0 Å². The Morgan fingerprint density at radius 1 is 1.35 bits per heavy atom. The van der Waals surface area contributed by atoms with E-state index >= 15 is 0 Å². The molecule has 0 saturated carbocycles. The highest BCUT2D eigenvalue weighted by atomic mass is 16.5. The molecule has 2 rings (SSSR count). The van der Waals surface area contributed by atoms with Crippen molar-refractivity contribution in [2.45, 2.75) is 6.54 Å². The van der Waals surface area contributed by atoms with Crippen molar-refractivity contribution in [3.8, 4) is 0 Å². The highest BCUT2D eigenvalue weighted by molar-refractivity contribution is 5.90. The van der Waals surface area contributed by atoms with E-state index in [1.165, 1.54) is 7.11 Å². The Balaban J connectivity index is 1.94. The number of hydrogen-bond acceptors (Lipinski definition) is 6. The maximum atomic E-state index is 11.7. The molecular formula is C12H13N5O3. The number of rotatable bonds is 4. The van der Waals surface area contributed by atoms with Gasteiger partial charge in [0.1, 0.15) is 0 Å². The number of carbonyl (C=O) groups excluding carboxylic acids is 2. The van der Waals surface area contributed by atoms with Crippen LogP contribution in [0.5, 0.6) is 0 Å². The molecule has 0 aliphatic rings. The van der Waals surface area contributed by atoms with Crippen LogP contribution in [-0.4, -0.2) is 34.2 Å². The SMILES string of the molecule is COC(=O)c1ccc(CNC(=O)c2nc(N)n[nH]2)cc1. The molecule has 1 heterocycles. The summed E-state index contributed by atoms with van der Waals surface area (Å²) in [5.41, 5.74) is 6.59. The summed E-state index contributed by atoms with van der Waals surface area (Å²) < 4.78 is 4.59. The van der Waals surface area contributed by atoms with E-state index in [0.29, 0.717) is 12.1 Å². The molecule has 20 heavy (non-hydrogen) atoms. The zero-order chi connectivity index (χ0) is 14.5. The Bertz CT molecular complexity index is 620. The summed E-state index contributed by atoms with van der Waals surface area (Å²) in [5, 5.41) is 8.62. The molecule has 0 unspecified atom stereocenters. The van der Waals surface area contributed by atoms with Crippen molar-refractivity contribution in [1.82, 2.24) is 20.5 Å². The number of ether oxygens (including phenoxy) is 1. The van der Waals surface area contributed by atoms with Crippen LogP contribution in [0.15, 0.2) is 24.3 Å². The normalized spacial score (nSPS) is 10.1. The van der Waals surface area contributed by atoms with Crippen LogP contribution in [0.3, 0.4) is 0 Å². The van der Waals surface area contributed by atoms with Crippen LogP contribution in [0.4, 0.5) is 5.95 Å². The summed E-state index contributed by atoms with van der Waals surface area (Å²) >= 11 is 0. The summed E-state index contributed by atoms with van der Waals surface area (Å²) in [7, 11) is 1.32. The average Bonchev–Trinajstić information content (AvgIpc) is 2.91. The van der Waals surface area contributed by atoms with E-state index < -0.39 is 11.9 Å². The first-order valence-corrected chi connectivity index (χ1v) is 5.73. The molecule has 2 aromatic rings. The first-order valence-electron chi connectivity index (χ1n) is 5.73. The molecule has 0 bridgehead atoms. The summed E-state index contributed by atoms with van der Waals surface area (Å²) in [6.45, 7) is 0.293. The molecule has 8 heteroatoms. The predicted octanol–water partition coefficient (Wildman–Crippen LogP) is 0.104. The van der Waals surface area contributed by atoms with Gasteiger partial charge in [-0.2, -0.15) is 4.98 Å². The fourth-order valence-corrected chi connectivity index (χ4v) is 1.52. The molecular weight excluding hydrogens is 262 g/mol. The van der Waals surface area contributed by atoms with Crippen LogP contribution in [0.25, 0.3) is 0 Å². The number of esters is 1. The molecule has 0 aliphatic heterocycles. The van der Waals surface area contributed by atoms with Gasteiger partial charge in [0.25, 0.3) is 5.91 Å². The standard InChI is InChI=1S/C12H13N5O3/c1-20-11(19)8-4-2-7(3-5-8)6-14-10(18)9-15-12(13)17-16-9/h2-5H,6H2,1H3,(H,14,18)(H3,13,15,16,17). The number of anilines is 1. The van der Waals surface area contributed by atoms with Crippen LogP contribution in [0.1, 0.15) is 26.5 Å². The Kier molecular flexibility index (Phi) is 3.94. The fourth-order valence-electron chi connectivity index (χ4n) is 1.52. The second-order valence-corrected chi connectivity index (χ2v) is 3.91. The van der Waals surface area contributed by atoms with Crippen molar-refractivity contribution in [2.75, 3.05) is 12.8 Å². The molecule has 0 aliphatic carbocycles. The highest BCUT2D eigenvalue weighted by Gasteiger charge is 2.10. The molecule has 0 atom stereocenters. The molecule has 0 spiro atoms. The molecule has 4 N–H and O–H groups in total. The molecule has 0 radical (unpaired) electrons. The lowest BCUT2D eigenvalue weighted by molar-refractivity contribution is 0.0600. The maximum absolute atomic E-state index is 11.7. The third-order valence-electron chi connectivity index (χ3n) is 2.55. The van der Waals surface area contributed by atoms with Crippen molar-refractivity contribution in [3.05, 3.63) is 41.2 Å². The number of H-pyrrole nitrogens is 1.